The number of carboxylic acid groups (broad SMARTS) is 1. The van der Waals surface area contributed by atoms with Crippen LogP contribution >= 0.6 is 0 Å². The largest absolute Gasteiger partial charge is 0.481 e. The summed E-state index contributed by atoms with van der Waals surface area (Å²) in [5.41, 5.74) is 1.48. The Morgan fingerprint density at radius 1 is 0.723 bits per heavy atom. The van der Waals surface area contributed by atoms with Gasteiger partial charge in [0, 0.05) is 102 Å². The lowest BCUT2D eigenvalue weighted by Crippen LogP contribution is -2.54. The molecule has 9 amide bonds. The molecule has 24 heteroatoms. The topological polar surface area (TPSA) is 325 Å². The van der Waals surface area contributed by atoms with Crippen LogP contribution in [0.15, 0.2) is 66.7 Å². The van der Waals surface area contributed by atoms with Crippen molar-refractivity contribution in [2.45, 2.75) is 202 Å². The second kappa shape index (κ2) is 37.3. The fraction of sp³-hybridized carbons (Fsp3) is 0.629. The Kier molecular flexibility index (Phi) is 31.2. The fourth-order valence-corrected chi connectivity index (χ4v) is 12.4. The Morgan fingerprint density at radius 2 is 1.35 bits per heavy atom. The smallest absolute Gasteiger partial charge is 0.410 e. The van der Waals surface area contributed by atoms with Gasteiger partial charge in [-0.1, -0.05) is 118 Å². The molecule has 4 rings (SSSR count). The van der Waals surface area contributed by atoms with Gasteiger partial charge in [-0.2, -0.15) is 0 Å². The molecule has 0 aromatic heterocycles. The van der Waals surface area contributed by atoms with E-state index in [-0.39, 0.29) is 104 Å². The number of aliphatic hydroxyl groups is 1. The molecule has 94 heavy (non-hydrogen) atoms. The third-order valence-electron chi connectivity index (χ3n) is 18.5. The first kappa shape index (κ1) is 78.6. The number of carboxylic acids is 1. The Labute approximate surface area is 554 Å². The summed E-state index contributed by atoms with van der Waals surface area (Å²) in [4.78, 5) is 166. The van der Waals surface area contributed by atoms with E-state index >= 15 is 0 Å². The molecule has 2 aromatic carbocycles. The van der Waals surface area contributed by atoms with Crippen LogP contribution in [0, 0.1) is 47.3 Å². The number of nitrogens with one attached hydrogen (secondary N) is 4. The Morgan fingerprint density at radius 3 is 1.91 bits per heavy atom. The Bertz CT molecular complexity index is 2960. The van der Waals surface area contributed by atoms with Crippen molar-refractivity contribution in [3.63, 3.8) is 0 Å². The summed E-state index contributed by atoms with van der Waals surface area (Å²) in [6, 6.07) is 10.8. The van der Waals surface area contributed by atoms with E-state index < -0.39 is 126 Å². The third-order valence-corrected chi connectivity index (χ3v) is 18.5. The standard InChI is InChI=1S/C70H104N8O16/c1-16-43(8)64(57(93-15)38-61(84)77-33-20-23-54(77)44(9)45(10)66(88)72-47(12)65(87)49-21-18-17-19-22-49)75(13)69(91)52(41(4)5)37-56(80)63(42(6)7)76(14)70(92)94-39-48-24-27-51(28-25-48)73-67(89)50(26-31-62(85)86)36-55(79)46(11)71-68(90)53(35-40(2)3)74-58(81)32-34-78-59(82)29-30-60(78)83/h17-19,21-22,24-25,27-30,40-47,50,52-54,57,63-65,87H,16,20,23,26,31-39H2,1-15H3,(H,71,90)(H,72,88)(H,73,89)(H,74,81)(H,85,86)/t43-,44+,45+,46-,47+,50+,52-,53+,54-,57+,63-,64-,65+/m0/s1. The lowest BCUT2D eigenvalue weighted by atomic mass is 9.83. The van der Waals surface area contributed by atoms with Crippen LogP contribution in [0.3, 0.4) is 0 Å². The van der Waals surface area contributed by atoms with Gasteiger partial charge in [-0.05, 0) is 92.4 Å². The zero-order valence-electron chi connectivity index (χ0n) is 57.7. The van der Waals surface area contributed by atoms with Gasteiger partial charge in [0.2, 0.25) is 35.4 Å². The average Bonchev–Trinajstić information content (AvgIpc) is 1.24. The number of hydrogen-bond acceptors (Lipinski definition) is 15. The quantitative estimate of drug-likeness (QED) is 0.0368. The summed E-state index contributed by atoms with van der Waals surface area (Å²) in [7, 11) is 4.66. The number of benzene rings is 2. The molecule has 24 nitrogen and oxygen atoms in total. The number of ether oxygens (including phenoxy) is 2. The van der Waals surface area contributed by atoms with E-state index in [0.29, 0.717) is 30.5 Å². The number of hydrogen-bond donors (Lipinski definition) is 6. The molecule has 1 saturated heterocycles. The number of likely N-dealkylation sites (N-methyl/N-ethyl adjacent to an activating group) is 2. The molecule has 2 aliphatic rings. The molecule has 0 aliphatic carbocycles. The van der Waals surface area contributed by atoms with Crippen LogP contribution in [0.4, 0.5) is 10.5 Å². The molecule has 1 fully saturated rings. The highest BCUT2D eigenvalue weighted by molar-refractivity contribution is 6.13. The molecule has 2 heterocycles. The lowest BCUT2D eigenvalue weighted by Gasteiger charge is -2.41. The second-order valence-electron chi connectivity index (χ2n) is 26.7. The Balaban J connectivity index is 1.36. The maximum absolute atomic E-state index is 14.8. The maximum Gasteiger partial charge on any atom is 0.410 e. The number of anilines is 1. The predicted octanol–water partition coefficient (Wildman–Crippen LogP) is 7.02. The fourth-order valence-electron chi connectivity index (χ4n) is 12.4. The highest BCUT2D eigenvalue weighted by atomic mass is 16.6. The summed E-state index contributed by atoms with van der Waals surface area (Å²) in [6.07, 6.45) is 0.488. The van der Waals surface area contributed by atoms with Gasteiger partial charge < -0.3 is 55.7 Å². The third kappa shape index (κ3) is 22.7. The first-order valence-corrected chi connectivity index (χ1v) is 33.0. The van der Waals surface area contributed by atoms with Crippen LogP contribution in [-0.4, -0.2) is 177 Å². The minimum absolute atomic E-state index is 0.0301. The number of amides is 9. The molecule has 0 radical (unpaired) electrons. The minimum atomic E-state index is -1.20. The summed E-state index contributed by atoms with van der Waals surface area (Å²) in [5, 5.41) is 31.3. The number of aliphatic hydroxyl groups excluding tert-OH is 1. The highest BCUT2D eigenvalue weighted by Gasteiger charge is 2.43. The highest BCUT2D eigenvalue weighted by Crippen LogP contribution is 2.33. The van der Waals surface area contributed by atoms with Gasteiger partial charge in [-0.15, -0.1) is 0 Å². The predicted molar refractivity (Wildman–Crippen MR) is 353 cm³/mol. The van der Waals surface area contributed by atoms with Crippen molar-refractivity contribution in [3.05, 3.63) is 77.9 Å². The molecule has 6 N–H and O–H groups in total. The van der Waals surface area contributed by atoms with Gasteiger partial charge in [0.15, 0.2) is 11.6 Å². The molecule has 0 bridgehead atoms. The van der Waals surface area contributed by atoms with Crippen LogP contribution in [-0.2, 0) is 68.8 Å². The Hall–Kier alpha value is -7.86. The van der Waals surface area contributed by atoms with Crippen LogP contribution in [0.25, 0.3) is 0 Å². The number of likely N-dealkylation sites (tertiary alicyclic amines) is 1. The first-order chi connectivity index (χ1) is 44.2. The lowest BCUT2D eigenvalue weighted by molar-refractivity contribution is -0.148. The molecular weight excluding hydrogens is 1210 g/mol. The van der Waals surface area contributed by atoms with Crippen molar-refractivity contribution in [2.24, 2.45) is 47.3 Å². The molecule has 13 atom stereocenters. The van der Waals surface area contributed by atoms with E-state index in [9.17, 15) is 67.7 Å². The molecule has 0 saturated carbocycles. The monoisotopic (exact) mass is 1310 g/mol. The molecule has 2 aliphatic heterocycles. The van der Waals surface area contributed by atoms with Crippen LogP contribution in [0.5, 0.6) is 0 Å². The van der Waals surface area contributed by atoms with E-state index in [1.54, 1.807) is 57.0 Å². The minimum Gasteiger partial charge on any atom is -0.481 e. The van der Waals surface area contributed by atoms with Gasteiger partial charge in [-0.3, -0.25) is 57.6 Å². The maximum atomic E-state index is 14.8. The van der Waals surface area contributed by atoms with Gasteiger partial charge >= 0.3 is 12.1 Å². The number of imide groups is 1. The normalized spacial score (nSPS) is 17.8. The van der Waals surface area contributed by atoms with Crippen molar-refractivity contribution in [3.8, 4) is 0 Å². The molecule has 2 aromatic rings. The van der Waals surface area contributed by atoms with Crippen molar-refractivity contribution in [1.82, 2.24) is 35.6 Å². The number of aliphatic carboxylic acids is 1. The number of ketones is 2. The van der Waals surface area contributed by atoms with E-state index in [0.717, 1.165) is 23.5 Å². The first-order valence-electron chi connectivity index (χ1n) is 33.0. The zero-order valence-corrected chi connectivity index (χ0v) is 57.7. The number of carbonyl (C=O) groups excluding carboxylic acids is 11. The summed E-state index contributed by atoms with van der Waals surface area (Å²) in [6.45, 7) is 22.0. The molecule has 0 spiro atoms. The molecular formula is C70H104N8O16. The van der Waals surface area contributed by atoms with Crippen molar-refractivity contribution in [2.75, 3.05) is 39.6 Å². The number of rotatable bonds is 38. The zero-order chi connectivity index (χ0) is 70.4. The number of carbonyl (C=O) groups is 12. The van der Waals surface area contributed by atoms with E-state index in [1.165, 1.54) is 38.1 Å². The van der Waals surface area contributed by atoms with Crippen molar-refractivity contribution in [1.29, 1.82) is 0 Å². The average molecular weight is 1310 g/mol. The number of nitrogens with zero attached hydrogens (tertiary/aromatic N) is 4. The van der Waals surface area contributed by atoms with Crippen molar-refractivity contribution >= 4 is 76.6 Å². The summed E-state index contributed by atoms with van der Waals surface area (Å²) < 4.78 is 11.8. The number of Topliss-reactive ketones (excluding diaryl/α,β-unsaturated/α-hetero) is 2. The van der Waals surface area contributed by atoms with Gasteiger partial charge in [-0.25, -0.2) is 4.79 Å². The summed E-state index contributed by atoms with van der Waals surface area (Å²) in [5.74, 6) is -9.41. The van der Waals surface area contributed by atoms with Crippen LogP contribution in [0.2, 0.25) is 0 Å². The summed E-state index contributed by atoms with van der Waals surface area (Å²) >= 11 is 0. The van der Waals surface area contributed by atoms with Gasteiger partial charge in [0.25, 0.3) is 11.8 Å². The SMILES string of the molecule is CC[C@H](C)[C@@H]([C@@H](CC(=O)N1CCC[C@H]1[C@H](C)[C@@H](C)C(=O)N[C@H](C)[C@@H](O)c1ccccc1)OC)N(C)C(=O)[C@@H](CC(=O)[C@H](C(C)C)N(C)C(=O)OCc1ccc(NC(=O)[C@H](CCC(=O)O)CC(=O)[C@H](C)NC(=O)[C@@H](CC(C)C)NC(=O)CCN2C(=O)C=CC2=O)cc1)C(C)C. The van der Waals surface area contributed by atoms with E-state index in [1.807, 2.05) is 78.5 Å². The second-order valence-corrected chi connectivity index (χ2v) is 26.7. The van der Waals surface area contributed by atoms with Gasteiger partial charge in [0.05, 0.1) is 42.8 Å². The van der Waals surface area contributed by atoms with Gasteiger partial charge in [0.1, 0.15) is 12.6 Å². The number of methoxy groups -OCH3 is 1. The molecule has 520 valence electrons. The van der Waals surface area contributed by atoms with E-state index in [4.69, 9.17) is 9.47 Å². The molecule has 0 unspecified atom stereocenters. The van der Waals surface area contributed by atoms with Crippen LogP contribution < -0.4 is 21.3 Å². The van der Waals surface area contributed by atoms with Crippen molar-refractivity contribution < 1.29 is 77.2 Å². The van der Waals surface area contributed by atoms with Crippen LogP contribution in [0.1, 0.15) is 165 Å². The van der Waals surface area contributed by atoms with E-state index in [2.05, 4.69) is 21.3 Å².